The fraction of sp³-hybridized carbons (Fsp3) is 0.250. The van der Waals surface area contributed by atoms with Crippen LogP contribution in [0.1, 0.15) is 35.4 Å². The van der Waals surface area contributed by atoms with Crippen molar-refractivity contribution >= 4 is 11.3 Å². The Kier molecular flexibility index (Phi) is 4.49. The number of rotatable bonds is 5. The SMILES string of the molecule is Cc1ccc(C(C)(C)c2ccc(OCc3cncs3)cc2)cc1. The van der Waals surface area contributed by atoms with E-state index in [-0.39, 0.29) is 5.41 Å². The highest BCUT2D eigenvalue weighted by Crippen LogP contribution is 2.32. The summed E-state index contributed by atoms with van der Waals surface area (Å²) in [4.78, 5) is 5.19. The van der Waals surface area contributed by atoms with Gasteiger partial charge >= 0.3 is 0 Å². The number of thiazole rings is 1. The molecule has 0 saturated carbocycles. The molecule has 0 fully saturated rings. The zero-order chi connectivity index (χ0) is 16.3. The minimum atomic E-state index is -0.0239. The maximum Gasteiger partial charge on any atom is 0.124 e. The van der Waals surface area contributed by atoms with E-state index in [1.165, 1.54) is 16.7 Å². The summed E-state index contributed by atoms with van der Waals surface area (Å²) >= 11 is 1.61. The van der Waals surface area contributed by atoms with Gasteiger partial charge in [0.1, 0.15) is 12.4 Å². The molecule has 0 spiro atoms. The average molecular weight is 323 g/mol. The highest BCUT2D eigenvalue weighted by atomic mass is 32.1. The van der Waals surface area contributed by atoms with Crippen LogP contribution in [0.25, 0.3) is 0 Å². The molecule has 2 nitrogen and oxygen atoms in total. The van der Waals surface area contributed by atoms with E-state index in [0.29, 0.717) is 6.61 Å². The molecule has 0 atom stereocenters. The maximum absolute atomic E-state index is 5.81. The number of hydrogen-bond donors (Lipinski definition) is 0. The quantitative estimate of drug-likeness (QED) is 0.631. The molecule has 0 unspecified atom stereocenters. The lowest BCUT2D eigenvalue weighted by atomic mass is 9.78. The molecule has 0 aliphatic carbocycles. The fourth-order valence-electron chi connectivity index (χ4n) is 2.57. The molecule has 0 aliphatic rings. The summed E-state index contributed by atoms with van der Waals surface area (Å²) in [5, 5.41) is 0. The van der Waals surface area contributed by atoms with Gasteiger partial charge in [-0.25, -0.2) is 0 Å². The van der Waals surface area contributed by atoms with E-state index >= 15 is 0 Å². The van der Waals surface area contributed by atoms with E-state index < -0.39 is 0 Å². The predicted molar refractivity (Wildman–Crippen MR) is 96.2 cm³/mol. The van der Waals surface area contributed by atoms with Crippen molar-refractivity contribution in [3.63, 3.8) is 0 Å². The minimum Gasteiger partial charge on any atom is -0.488 e. The molecule has 0 bridgehead atoms. The number of aromatic nitrogens is 1. The topological polar surface area (TPSA) is 22.1 Å². The largest absolute Gasteiger partial charge is 0.488 e. The first-order valence-electron chi connectivity index (χ1n) is 7.73. The molecular weight excluding hydrogens is 302 g/mol. The predicted octanol–water partition coefficient (Wildman–Crippen LogP) is 5.36. The van der Waals surface area contributed by atoms with Crippen molar-refractivity contribution in [1.29, 1.82) is 0 Å². The molecule has 0 saturated heterocycles. The summed E-state index contributed by atoms with van der Waals surface area (Å²) in [6.45, 7) is 7.20. The Morgan fingerprint density at radius 3 is 2.13 bits per heavy atom. The average Bonchev–Trinajstić information content (AvgIpc) is 3.07. The summed E-state index contributed by atoms with van der Waals surface area (Å²) in [6, 6.07) is 17.2. The molecule has 3 rings (SSSR count). The number of benzene rings is 2. The van der Waals surface area contributed by atoms with E-state index in [1.54, 1.807) is 11.3 Å². The van der Waals surface area contributed by atoms with Crippen molar-refractivity contribution in [1.82, 2.24) is 4.98 Å². The lowest BCUT2D eigenvalue weighted by molar-refractivity contribution is 0.309. The Hall–Kier alpha value is -2.13. The van der Waals surface area contributed by atoms with E-state index in [0.717, 1.165) is 10.6 Å². The fourth-order valence-corrected chi connectivity index (χ4v) is 3.08. The van der Waals surface area contributed by atoms with Crippen LogP contribution in [0.4, 0.5) is 0 Å². The summed E-state index contributed by atoms with van der Waals surface area (Å²) in [5.41, 5.74) is 5.69. The minimum absolute atomic E-state index is 0.0239. The van der Waals surface area contributed by atoms with Gasteiger partial charge in [-0.1, -0.05) is 55.8 Å². The number of nitrogens with zero attached hydrogens (tertiary/aromatic N) is 1. The molecule has 0 amide bonds. The van der Waals surface area contributed by atoms with Gasteiger partial charge in [-0.15, -0.1) is 11.3 Å². The van der Waals surface area contributed by atoms with Crippen LogP contribution in [-0.4, -0.2) is 4.98 Å². The van der Waals surface area contributed by atoms with Crippen molar-refractivity contribution < 1.29 is 4.74 Å². The van der Waals surface area contributed by atoms with E-state index in [4.69, 9.17) is 4.74 Å². The van der Waals surface area contributed by atoms with Gasteiger partial charge in [0.25, 0.3) is 0 Å². The first-order chi connectivity index (χ1) is 11.1. The summed E-state index contributed by atoms with van der Waals surface area (Å²) in [7, 11) is 0. The molecule has 23 heavy (non-hydrogen) atoms. The summed E-state index contributed by atoms with van der Waals surface area (Å²) < 4.78 is 5.81. The molecule has 118 valence electrons. The van der Waals surface area contributed by atoms with Gasteiger partial charge in [-0.05, 0) is 30.2 Å². The smallest absolute Gasteiger partial charge is 0.124 e. The van der Waals surface area contributed by atoms with Crippen LogP contribution < -0.4 is 4.74 Å². The van der Waals surface area contributed by atoms with Crippen LogP contribution in [0.15, 0.2) is 60.2 Å². The van der Waals surface area contributed by atoms with Crippen molar-refractivity contribution in [3.8, 4) is 5.75 Å². The normalized spacial score (nSPS) is 11.4. The lowest BCUT2D eigenvalue weighted by Gasteiger charge is -2.26. The van der Waals surface area contributed by atoms with Gasteiger partial charge in [0.05, 0.1) is 10.4 Å². The van der Waals surface area contributed by atoms with E-state index in [9.17, 15) is 0 Å². The van der Waals surface area contributed by atoms with Crippen molar-refractivity contribution in [2.24, 2.45) is 0 Å². The van der Waals surface area contributed by atoms with Gasteiger partial charge in [0.2, 0.25) is 0 Å². The Balaban J connectivity index is 1.74. The lowest BCUT2D eigenvalue weighted by Crippen LogP contribution is -2.18. The number of aryl methyl sites for hydroxylation is 1. The number of hydrogen-bond acceptors (Lipinski definition) is 3. The standard InChI is InChI=1S/C20H21NOS/c1-15-4-6-16(7-5-15)20(2,3)17-8-10-18(11-9-17)22-13-19-12-21-14-23-19/h4-12,14H,13H2,1-3H3. The highest BCUT2D eigenvalue weighted by Gasteiger charge is 2.22. The molecule has 2 aromatic carbocycles. The van der Waals surface area contributed by atoms with Crippen molar-refractivity contribution in [2.75, 3.05) is 0 Å². The third kappa shape index (κ3) is 3.62. The molecule has 0 N–H and O–H groups in total. The Labute approximate surface area is 141 Å². The molecule has 1 heterocycles. The zero-order valence-corrected chi connectivity index (χ0v) is 14.6. The Morgan fingerprint density at radius 2 is 1.57 bits per heavy atom. The third-order valence-corrected chi connectivity index (χ3v) is 4.97. The molecule has 1 aromatic heterocycles. The highest BCUT2D eigenvalue weighted by molar-refractivity contribution is 7.09. The third-order valence-electron chi connectivity index (χ3n) is 4.21. The van der Waals surface area contributed by atoms with E-state index in [1.807, 2.05) is 23.8 Å². The summed E-state index contributed by atoms with van der Waals surface area (Å²) in [5.74, 6) is 0.891. The Morgan fingerprint density at radius 1 is 0.957 bits per heavy atom. The van der Waals surface area contributed by atoms with Gasteiger partial charge in [0.15, 0.2) is 0 Å². The van der Waals surface area contributed by atoms with E-state index in [2.05, 4.69) is 62.2 Å². The molecular formula is C20H21NOS. The van der Waals surface area contributed by atoms with Gasteiger partial charge in [-0.2, -0.15) is 0 Å². The molecule has 0 aliphatic heterocycles. The van der Waals surface area contributed by atoms with Crippen LogP contribution >= 0.6 is 11.3 Å². The first-order valence-corrected chi connectivity index (χ1v) is 8.61. The molecule has 0 radical (unpaired) electrons. The monoisotopic (exact) mass is 323 g/mol. The van der Waals surface area contributed by atoms with Gasteiger partial charge in [-0.3, -0.25) is 4.98 Å². The van der Waals surface area contributed by atoms with Crippen LogP contribution in [-0.2, 0) is 12.0 Å². The number of ether oxygens (including phenoxy) is 1. The first kappa shape index (κ1) is 15.8. The molecule has 3 aromatic rings. The molecule has 3 heteroatoms. The Bertz CT molecular complexity index is 743. The van der Waals surface area contributed by atoms with Gasteiger partial charge in [0, 0.05) is 11.6 Å². The second-order valence-electron chi connectivity index (χ2n) is 6.27. The van der Waals surface area contributed by atoms with Crippen LogP contribution in [0.3, 0.4) is 0 Å². The zero-order valence-electron chi connectivity index (χ0n) is 13.7. The van der Waals surface area contributed by atoms with Crippen LogP contribution in [0.2, 0.25) is 0 Å². The second-order valence-corrected chi connectivity index (χ2v) is 7.24. The second kappa shape index (κ2) is 6.55. The maximum atomic E-state index is 5.81. The van der Waals surface area contributed by atoms with Crippen molar-refractivity contribution in [3.05, 3.63) is 81.8 Å². The van der Waals surface area contributed by atoms with Gasteiger partial charge < -0.3 is 4.74 Å². The van der Waals surface area contributed by atoms with Crippen LogP contribution in [0, 0.1) is 6.92 Å². The van der Waals surface area contributed by atoms with Crippen LogP contribution in [0.5, 0.6) is 5.75 Å². The summed E-state index contributed by atoms with van der Waals surface area (Å²) in [6.07, 6.45) is 1.85. The van der Waals surface area contributed by atoms with Crippen molar-refractivity contribution in [2.45, 2.75) is 32.8 Å².